The normalized spacial score (nSPS) is 19.0. The second-order valence-electron chi connectivity index (χ2n) is 7.00. The Labute approximate surface area is 137 Å². The Morgan fingerprint density at radius 2 is 1.59 bits per heavy atom. The fourth-order valence-electron chi connectivity index (χ4n) is 2.88. The lowest BCUT2D eigenvalue weighted by Crippen LogP contribution is -2.37. The molecule has 0 saturated carbocycles. The van der Waals surface area contributed by atoms with Crippen LogP contribution in [0.2, 0.25) is 0 Å². The summed E-state index contributed by atoms with van der Waals surface area (Å²) in [5.41, 5.74) is 1.64. The summed E-state index contributed by atoms with van der Waals surface area (Å²) in [6, 6.07) is 11.1. The number of hydrogen-bond acceptors (Lipinski definition) is 1. The third-order valence-corrected chi connectivity index (χ3v) is 6.69. The van der Waals surface area contributed by atoms with Crippen LogP contribution in [0.15, 0.2) is 53.5 Å². The molecule has 1 aliphatic heterocycles. The summed E-state index contributed by atoms with van der Waals surface area (Å²) in [5, 5.41) is 3.10. The highest BCUT2D eigenvalue weighted by atomic mass is 31.1. The molecule has 2 heteroatoms. The first-order chi connectivity index (χ1) is 10.5. The van der Waals surface area contributed by atoms with Crippen LogP contribution in [0.5, 0.6) is 0 Å². The zero-order chi connectivity index (χ0) is 16.2. The number of benzene rings is 1. The van der Waals surface area contributed by atoms with Gasteiger partial charge >= 0.3 is 0 Å². The summed E-state index contributed by atoms with van der Waals surface area (Å²) in [6.45, 7) is 11.6. The van der Waals surface area contributed by atoms with Crippen LogP contribution in [0, 0.1) is 0 Å². The highest BCUT2D eigenvalue weighted by Gasteiger charge is 2.32. The van der Waals surface area contributed by atoms with Crippen molar-refractivity contribution in [3.05, 3.63) is 53.5 Å². The summed E-state index contributed by atoms with van der Waals surface area (Å²) in [5.74, 6) is 0. The molecule has 1 nitrogen and oxygen atoms in total. The molecule has 0 radical (unpaired) electrons. The molecule has 120 valence electrons. The van der Waals surface area contributed by atoms with E-state index in [1.54, 1.807) is 5.31 Å². The van der Waals surface area contributed by atoms with E-state index in [9.17, 15) is 0 Å². The van der Waals surface area contributed by atoms with E-state index < -0.39 is 8.07 Å². The van der Waals surface area contributed by atoms with Crippen LogP contribution in [-0.4, -0.2) is 10.2 Å². The zero-order valence-corrected chi connectivity index (χ0v) is 15.7. The predicted molar refractivity (Wildman–Crippen MR) is 101 cm³/mol. The number of nitrogens with zero attached hydrogens (tertiary/aromatic N) is 1. The molecular weight excluding hydrogens is 285 g/mol. The van der Waals surface area contributed by atoms with Gasteiger partial charge in [-0.2, -0.15) is 0 Å². The van der Waals surface area contributed by atoms with Gasteiger partial charge in [0.15, 0.2) is 0 Å². The highest BCUT2D eigenvalue weighted by Crippen LogP contribution is 2.55. The van der Waals surface area contributed by atoms with Crippen molar-refractivity contribution in [2.75, 3.05) is 0 Å². The van der Waals surface area contributed by atoms with E-state index in [2.05, 4.69) is 81.9 Å². The van der Waals surface area contributed by atoms with Gasteiger partial charge in [0.1, 0.15) is 0 Å². The molecule has 0 spiro atoms. The quantitative estimate of drug-likeness (QED) is 0.585. The van der Waals surface area contributed by atoms with E-state index in [1.807, 2.05) is 0 Å². The number of allylic oxidation sites excluding steroid dienone is 3. The lowest BCUT2D eigenvalue weighted by atomic mass is 10.1. The van der Waals surface area contributed by atoms with Crippen molar-refractivity contribution in [3.8, 4) is 0 Å². The first-order valence-corrected chi connectivity index (χ1v) is 9.82. The maximum Gasteiger partial charge on any atom is 0.0508 e. The topological polar surface area (TPSA) is 3.24 Å². The van der Waals surface area contributed by atoms with Crippen molar-refractivity contribution in [1.82, 2.24) is 4.67 Å². The fourth-order valence-corrected chi connectivity index (χ4v) is 5.78. The van der Waals surface area contributed by atoms with Crippen molar-refractivity contribution in [2.45, 2.75) is 65.8 Å². The van der Waals surface area contributed by atoms with Gasteiger partial charge in [0.05, 0.1) is 8.07 Å². The van der Waals surface area contributed by atoms with Gasteiger partial charge in [-0.05, 0) is 44.5 Å². The Balaban J connectivity index is 2.48. The minimum atomic E-state index is -0.407. The maximum absolute atomic E-state index is 2.63. The summed E-state index contributed by atoms with van der Waals surface area (Å²) in [6.07, 6.45) is 9.74. The fraction of sp³-hybridized carbons (Fsp3) is 0.500. The molecule has 1 unspecified atom stereocenters. The minimum Gasteiger partial charge on any atom is -0.344 e. The molecule has 1 atom stereocenters. The average molecular weight is 315 g/mol. The van der Waals surface area contributed by atoms with Gasteiger partial charge in [0, 0.05) is 17.0 Å². The highest BCUT2D eigenvalue weighted by molar-refractivity contribution is 7.67. The minimum absolute atomic E-state index is 0.147. The summed E-state index contributed by atoms with van der Waals surface area (Å²) in [7, 11) is -0.407. The second-order valence-corrected chi connectivity index (χ2v) is 9.15. The van der Waals surface area contributed by atoms with Crippen LogP contribution in [0.25, 0.3) is 0 Å². The lowest BCUT2D eigenvalue weighted by Gasteiger charge is -2.45. The SMILES string of the molecule is CCCC1=CN(C(C)(C)C)P(c2ccccc2)C(CCC)=C1. The van der Waals surface area contributed by atoms with Crippen LogP contribution in [0.1, 0.15) is 60.3 Å². The van der Waals surface area contributed by atoms with E-state index >= 15 is 0 Å². The van der Waals surface area contributed by atoms with Gasteiger partial charge in [-0.3, -0.25) is 0 Å². The first kappa shape index (κ1) is 17.3. The summed E-state index contributed by atoms with van der Waals surface area (Å²) >= 11 is 0. The molecule has 0 fully saturated rings. The van der Waals surface area contributed by atoms with E-state index in [0.29, 0.717) is 0 Å². The Bertz CT molecular complexity index is 537. The Hall–Kier alpha value is -1.07. The molecule has 1 aromatic rings. The van der Waals surface area contributed by atoms with Crippen molar-refractivity contribution in [2.24, 2.45) is 0 Å². The second kappa shape index (κ2) is 7.47. The van der Waals surface area contributed by atoms with Crippen molar-refractivity contribution >= 4 is 13.4 Å². The van der Waals surface area contributed by atoms with Crippen LogP contribution in [-0.2, 0) is 0 Å². The third kappa shape index (κ3) is 4.02. The smallest absolute Gasteiger partial charge is 0.0508 e. The Morgan fingerprint density at radius 1 is 0.955 bits per heavy atom. The monoisotopic (exact) mass is 315 g/mol. The van der Waals surface area contributed by atoms with Gasteiger partial charge in [-0.25, -0.2) is 0 Å². The van der Waals surface area contributed by atoms with Gasteiger partial charge in [-0.1, -0.05) is 63.1 Å². The van der Waals surface area contributed by atoms with Crippen LogP contribution >= 0.6 is 8.07 Å². The molecule has 0 amide bonds. The molecule has 0 aromatic heterocycles. The molecule has 22 heavy (non-hydrogen) atoms. The Morgan fingerprint density at radius 3 is 2.14 bits per heavy atom. The molecule has 0 bridgehead atoms. The van der Waals surface area contributed by atoms with E-state index in [-0.39, 0.29) is 5.54 Å². The third-order valence-electron chi connectivity index (χ3n) is 3.86. The molecule has 0 N–H and O–H groups in total. The standard InChI is InChI=1S/C20H30NP/c1-6-11-17-15-19(12-7-2)22(18-13-9-8-10-14-18)21(16-17)20(3,4)5/h8-10,13-16H,6-7,11-12H2,1-5H3. The van der Waals surface area contributed by atoms with E-state index in [0.717, 1.165) is 0 Å². The van der Waals surface area contributed by atoms with Crippen molar-refractivity contribution < 1.29 is 0 Å². The largest absolute Gasteiger partial charge is 0.344 e. The Kier molecular flexibility index (Phi) is 5.87. The van der Waals surface area contributed by atoms with Crippen molar-refractivity contribution in [3.63, 3.8) is 0 Å². The van der Waals surface area contributed by atoms with Crippen LogP contribution < -0.4 is 5.30 Å². The molecule has 1 aliphatic rings. The maximum atomic E-state index is 2.63. The van der Waals surface area contributed by atoms with Crippen molar-refractivity contribution in [1.29, 1.82) is 0 Å². The number of hydrogen-bond donors (Lipinski definition) is 0. The molecule has 0 aliphatic carbocycles. The summed E-state index contributed by atoms with van der Waals surface area (Å²) in [4.78, 5) is 0. The zero-order valence-electron chi connectivity index (χ0n) is 14.8. The van der Waals surface area contributed by atoms with Gasteiger partial charge in [-0.15, -0.1) is 0 Å². The van der Waals surface area contributed by atoms with Crippen LogP contribution in [0.3, 0.4) is 0 Å². The molecule has 0 saturated heterocycles. The average Bonchev–Trinajstić information content (AvgIpc) is 2.47. The van der Waals surface area contributed by atoms with Gasteiger partial charge in [0.2, 0.25) is 0 Å². The lowest BCUT2D eigenvalue weighted by molar-refractivity contribution is 0.338. The van der Waals surface area contributed by atoms with Gasteiger partial charge in [0.25, 0.3) is 0 Å². The molecule has 1 heterocycles. The molecule has 2 rings (SSSR count). The molecular formula is C20H30NP. The predicted octanol–water partition coefficient (Wildman–Crippen LogP) is 6.19. The van der Waals surface area contributed by atoms with E-state index in [4.69, 9.17) is 0 Å². The van der Waals surface area contributed by atoms with E-state index in [1.165, 1.54) is 36.6 Å². The van der Waals surface area contributed by atoms with Gasteiger partial charge < -0.3 is 4.67 Å². The molecule has 1 aromatic carbocycles. The first-order valence-electron chi connectivity index (χ1n) is 8.53. The summed E-state index contributed by atoms with van der Waals surface area (Å²) < 4.78 is 2.63. The number of rotatable bonds is 5. The van der Waals surface area contributed by atoms with Crippen LogP contribution in [0.4, 0.5) is 0 Å².